The summed E-state index contributed by atoms with van der Waals surface area (Å²) in [5.74, 6) is -1.06. The van der Waals surface area contributed by atoms with E-state index in [9.17, 15) is 9.59 Å². The molecule has 0 saturated carbocycles. The number of amides is 1. The summed E-state index contributed by atoms with van der Waals surface area (Å²) in [4.78, 5) is 26.7. The fourth-order valence-electron chi connectivity index (χ4n) is 4.77. The van der Waals surface area contributed by atoms with Crippen LogP contribution >= 0.6 is 11.6 Å². The topological polar surface area (TPSA) is 93.7 Å². The number of nitrogens with one attached hydrogen (secondary N) is 3. The summed E-state index contributed by atoms with van der Waals surface area (Å²) in [6.07, 6.45) is 0.448. The predicted molar refractivity (Wildman–Crippen MR) is 148 cm³/mol. The minimum atomic E-state index is -0.844. The van der Waals surface area contributed by atoms with Crippen molar-refractivity contribution in [3.8, 4) is 0 Å². The summed E-state index contributed by atoms with van der Waals surface area (Å²) >= 11 is 6.17. The molecular weight excluding hydrogens is 488 g/mol. The van der Waals surface area contributed by atoms with Crippen molar-refractivity contribution in [1.29, 1.82) is 0 Å². The average Bonchev–Trinajstić information content (AvgIpc) is 3.22. The molecule has 1 amide bonds. The largest absolute Gasteiger partial charge is 0.481 e. The molecule has 1 saturated heterocycles. The molecule has 7 nitrogen and oxygen atoms in total. The van der Waals surface area contributed by atoms with Crippen LogP contribution in [-0.4, -0.2) is 48.1 Å². The molecule has 0 aromatic heterocycles. The van der Waals surface area contributed by atoms with Crippen LogP contribution in [0, 0.1) is 0 Å². The first kappa shape index (κ1) is 25.0. The van der Waals surface area contributed by atoms with Crippen molar-refractivity contribution in [2.45, 2.75) is 19.4 Å². The first-order chi connectivity index (χ1) is 18.0. The van der Waals surface area contributed by atoms with Gasteiger partial charge in [0, 0.05) is 55.4 Å². The van der Waals surface area contributed by atoms with Gasteiger partial charge in [-0.25, -0.2) is 0 Å². The van der Waals surface area contributed by atoms with E-state index in [1.165, 1.54) is 5.56 Å². The molecule has 1 fully saturated rings. The minimum absolute atomic E-state index is 0.0408. The quantitative estimate of drug-likeness (QED) is 0.324. The number of piperazine rings is 1. The molecule has 0 spiro atoms. The summed E-state index contributed by atoms with van der Waals surface area (Å²) in [6, 6.07) is 21.3. The Bertz CT molecular complexity index is 1350. The lowest BCUT2D eigenvalue weighted by Crippen LogP contribution is -2.42. The van der Waals surface area contributed by atoms with E-state index in [-0.39, 0.29) is 12.3 Å². The van der Waals surface area contributed by atoms with Gasteiger partial charge in [-0.3, -0.25) is 14.5 Å². The highest BCUT2D eigenvalue weighted by molar-refractivity contribution is 6.38. The number of aliphatic carboxylic acids is 1. The number of carbonyl (C=O) groups is 2. The number of hydrogen-bond donors (Lipinski definition) is 4. The highest BCUT2D eigenvalue weighted by Crippen LogP contribution is 2.39. The molecule has 5 rings (SSSR count). The zero-order valence-electron chi connectivity index (χ0n) is 20.4. The first-order valence-electron chi connectivity index (χ1n) is 12.4. The van der Waals surface area contributed by atoms with Crippen LogP contribution in [0.4, 0.5) is 11.4 Å². The van der Waals surface area contributed by atoms with E-state index in [1.807, 2.05) is 42.5 Å². The third-order valence-electron chi connectivity index (χ3n) is 6.66. The Morgan fingerprint density at radius 2 is 1.78 bits per heavy atom. The van der Waals surface area contributed by atoms with Crippen LogP contribution in [-0.2, 0) is 22.6 Å². The molecule has 8 heteroatoms. The summed E-state index contributed by atoms with van der Waals surface area (Å²) in [5.41, 5.74) is 6.40. The minimum Gasteiger partial charge on any atom is -0.481 e. The van der Waals surface area contributed by atoms with Gasteiger partial charge in [-0.1, -0.05) is 48.0 Å². The van der Waals surface area contributed by atoms with Crippen LogP contribution < -0.4 is 16.0 Å². The standard InChI is InChI=1S/C29H29ClN4O3/c30-22-7-10-24-25(17-22)33-29(37)27(24)28(21-3-1-2-19(16-21)6-11-26(35)36)32-23-8-4-20(5-9-23)18-34-14-12-31-13-15-34/h1-5,7-10,16-17,31-32H,6,11-15,18H2,(H,33,37)(H,35,36)/b28-27-. The maximum atomic E-state index is 13.2. The van der Waals surface area contributed by atoms with Crippen molar-refractivity contribution < 1.29 is 14.7 Å². The Labute approximate surface area is 221 Å². The number of hydrogen-bond acceptors (Lipinski definition) is 5. The number of fused-ring (bicyclic) bond motifs is 1. The van der Waals surface area contributed by atoms with Gasteiger partial charge in [-0.05, 0) is 53.4 Å². The van der Waals surface area contributed by atoms with Gasteiger partial charge in [-0.2, -0.15) is 0 Å². The monoisotopic (exact) mass is 516 g/mol. The summed E-state index contributed by atoms with van der Waals surface area (Å²) < 4.78 is 0. The number of rotatable bonds is 8. The molecule has 0 bridgehead atoms. The molecule has 2 aliphatic heterocycles. The van der Waals surface area contributed by atoms with E-state index >= 15 is 0 Å². The van der Waals surface area contributed by atoms with Gasteiger partial charge >= 0.3 is 5.97 Å². The Morgan fingerprint density at radius 3 is 2.54 bits per heavy atom. The van der Waals surface area contributed by atoms with Crippen LogP contribution in [0.5, 0.6) is 0 Å². The van der Waals surface area contributed by atoms with Crippen molar-refractivity contribution in [3.05, 3.63) is 94.0 Å². The molecule has 37 heavy (non-hydrogen) atoms. The SMILES string of the molecule is O=C(O)CCc1cccc(/C(Nc2ccc(CN3CCNCC3)cc2)=C2/C(=O)Nc3cc(Cl)ccc32)c1. The van der Waals surface area contributed by atoms with E-state index in [2.05, 4.69) is 33.0 Å². The summed E-state index contributed by atoms with van der Waals surface area (Å²) in [6.45, 7) is 4.99. The van der Waals surface area contributed by atoms with Crippen molar-refractivity contribution in [1.82, 2.24) is 10.2 Å². The van der Waals surface area contributed by atoms with E-state index in [4.69, 9.17) is 16.7 Å². The normalized spacial score (nSPS) is 16.7. The number of carboxylic acid groups (broad SMARTS) is 1. The fourth-order valence-corrected chi connectivity index (χ4v) is 4.94. The molecule has 0 radical (unpaired) electrons. The molecular formula is C29H29ClN4O3. The van der Waals surface area contributed by atoms with Crippen LogP contribution in [0.15, 0.2) is 66.7 Å². The predicted octanol–water partition coefficient (Wildman–Crippen LogP) is 4.69. The van der Waals surface area contributed by atoms with Gasteiger partial charge in [-0.15, -0.1) is 0 Å². The lowest BCUT2D eigenvalue weighted by Gasteiger charge is -2.27. The lowest BCUT2D eigenvalue weighted by atomic mass is 9.97. The highest BCUT2D eigenvalue weighted by atomic mass is 35.5. The molecule has 2 aliphatic rings. The van der Waals surface area contributed by atoms with Crippen molar-refractivity contribution >= 4 is 46.1 Å². The Kier molecular flexibility index (Phi) is 7.55. The third-order valence-corrected chi connectivity index (χ3v) is 6.89. The Balaban J connectivity index is 1.49. The van der Waals surface area contributed by atoms with E-state index in [0.29, 0.717) is 28.4 Å². The van der Waals surface area contributed by atoms with E-state index in [1.54, 1.807) is 12.1 Å². The highest BCUT2D eigenvalue weighted by Gasteiger charge is 2.28. The summed E-state index contributed by atoms with van der Waals surface area (Å²) in [7, 11) is 0. The maximum Gasteiger partial charge on any atom is 0.303 e. The molecule has 3 aromatic rings. The molecule has 4 N–H and O–H groups in total. The number of aryl methyl sites for hydroxylation is 1. The molecule has 0 aliphatic carbocycles. The first-order valence-corrected chi connectivity index (χ1v) is 12.8. The lowest BCUT2D eigenvalue weighted by molar-refractivity contribution is -0.137. The number of benzene rings is 3. The molecule has 2 heterocycles. The van der Waals surface area contributed by atoms with E-state index < -0.39 is 5.97 Å². The number of nitrogens with zero attached hydrogens (tertiary/aromatic N) is 1. The smallest absolute Gasteiger partial charge is 0.303 e. The molecule has 190 valence electrons. The van der Waals surface area contributed by atoms with Crippen LogP contribution in [0.1, 0.15) is 28.7 Å². The maximum absolute atomic E-state index is 13.2. The zero-order valence-corrected chi connectivity index (χ0v) is 21.1. The molecule has 0 atom stereocenters. The van der Waals surface area contributed by atoms with Gasteiger partial charge in [0.15, 0.2) is 0 Å². The van der Waals surface area contributed by atoms with Gasteiger partial charge in [0.05, 0.1) is 17.0 Å². The van der Waals surface area contributed by atoms with Crippen molar-refractivity contribution in [3.63, 3.8) is 0 Å². The van der Waals surface area contributed by atoms with Crippen LogP contribution in [0.2, 0.25) is 5.02 Å². The Hall–Kier alpha value is -3.65. The summed E-state index contributed by atoms with van der Waals surface area (Å²) in [5, 5.41) is 19.5. The van der Waals surface area contributed by atoms with Gasteiger partial charge in [0.1, 0.15) is 0 Å². The molecule has 3 aromatic carbocycles. The number of anilines is 2. The number of halogens is 1. The van der Waals surface area contributed by atoms with Gasteiger partial charge in [0.25, 0.3) is 5.91 Å². The number of carboxylic acids is 1. The zero-order chi connectivity index (χ0) is 25.8. The number of carbonyl (C=O) groups excluding carboxylic acids is 1. The van der Waals surface area contributed by atoms with Crippen LogP contribution in [0.3, 0.4) is 0 Å². The van der Waals surface area contributed by atoms with Crippen LogP contribution in [0.25, 0.3) is 11.3 Å². The second kappa shape index (κ2) is 11.2. The fraction of sp³-hybridized carbons (Fsp3) is 0.241. The second-order valence-electron chi connectivity index (χ2n) is 9.34. The van der Waals surface area contributed by atoms with Crippen molar-refractivity contribution in [2.24, 2.45) is 0 Å². The average molecular weight is 517 g/mol. The van der Waals surface area contributed by atoms with Crippen molar-refractivity contribution in [2.75, 3.05) is 36.8 Å². The Morgan fingerprint density at radius 1 is 1.00 bits per heavy atom. The van der Waals surface area contributed by atoms with Gasteiger partial charge in [0.2, 0.25) is 0 Å². The third kappa shape index (κ3) is 6.02. The molecule has 0 unspecified atom stereocenters. The van der Waals surface area contributed by atoms with Gasteiger partial charge < -0.3 is 21.1 Å². The van der Waals surface area contributed by atoms with E-state index in [0.717, 1.165) is 55.1 Å². The second-order valence-corrected chi connectivity index (χ2v) is 9.77.